The zero-order valence-electron chi connectivity index (χ0n) is 7.12. The maximum Gasteiger partial charge on any atom is 0.135 e. The molecule has 0 aliphatic heterocycles. The largest absolute Gasteiger partial charge is 0.458 e. The number of hydrogen-bond donors (Lipinski definition) is 1. The van der Waals surface area contributed by atoms with Crippen LogP contribution in [-0.4, -0.2) is 5.11 Å². The zero-order chi connectivity index (χ0) is 9.42. The molecule has 1 unspecified atom stereocenters. The molecular formula is C10H9ClO2. The molecule has 2 aromatic rings. The van der Waals surface area contributed by atoms with Gasteiger partial charge < -0.3 is 9.52 Å². The molecule has 1 heterocycles. The van der Waals surface area contributed by atoms with Gasteiger partial charge in [-0.1, -0.05) is 11.6 Å². The van der Waals surface area contributed by atoms with Crippen molar-refractivity contribution < 1.29 is 9.52 Å². The molecule has 0 radical (unpaired) electrons. The Hall–Kier alpha value is -0.990. The zero-order valence-corrected chi connectivity index (χ0v) is 7.88. The van der Waals surface area contributed by atoms with E-state index in [1.165, 1.54) is 0 Å². The fourth-order valence-electron chi connectivity index (χ4n) is 1.23. The van der Waals surface area contributed by atoms with Crippen molar-refractivity contribution in [2.24, 2.45) is 0 Å². The Kier molecular flexibility index (Phi) is 2.02. The lowest BCUT2D eigenvalue weighted by molar-refractivity contribution is 0.172. The Morgan fingerprint density at radius 3 is 2.85 bits per heavy atom. The molecule has 0 amide bonds. The summed E-state index contributed by atoms with van der Waals surface area (Å²) in [4.78, 5) is 0. The average Bonchev–Trinajstić information content (AvgIpc) is 2.46. The molecule has 68 valence electrons. The van der Waals surface area contributed by atoms with E-state index < -0.39 is 6.10 Å². The van der Waals surface area contributed by atoms with Gasteiger partial charge in [0, 0.05) is 16.5 Å². The van der Waals surface area contributed by atoms with E-state index in [-0.39, 0.29) is 0 Å². The summed E-state index contributed by atoms with van der Waals surface area (Å²) < 4.78 is 5.38. The van der Waals surface area contributed by atoms with Crippen LogP contribution >= 0.6 is 11.6 Å². The summed E-state index contributed by atoms with van der Waals surface area (Å²) in [5, 5.41) is 10.9. The number of hydrogen-bond acceptors (Lipinski definition) is 2. The molecule has 1 aromatic heterocycles. The minimum absolute atomic E-state index is 0.567. The second kappa shape index (κ2) is 3.05. The molecule has 1 atom stereocenters. The topological polar surface area (TPSA) is 33.4 Å². The lowest BCUT2D eigenvalue weighted by Gasteiger charge is -1.95. The lowest BCUT2D eigenvalue weighted by Crippen LogP contribution is -1.85. The Bertz CT molecular complexity index is 431. The van der Waals surface area contributed by atoms with Crippen LogP contribution in [-0.2, 0) is 0 Å². The third-order valence-corrected chi connectivity index (χ3v) is 2.15. The van der Waals surface area contributed by atoms with Crippen molar-refractivity contribution in [1.29, 1.82) is 0 Å². The van der Waals surface area contributed by atoms with Gasteiger partial charge in [-0.15, -0.1) is 0 Å². The molecule has 0 aliphatic rings. The molecule has 13 heavy (non-hydrogen) atoms. The normalized spacial score (nSPS) is 13.5. The Labute approximate surface area is 80.7 Å². The molecule has 0 aliphatic carbocycles. The highest BCUT2D eigenvalue weighted by Gasteiger charge is 2.08. The SMILES string of the molecule is CC(O)c1cc2ccc(Cl)cc2o1. The average molecular weight is 197 g/mol. The van der Waals surface area contributed by atoms with Crippen LogP contribution in [0.4, 0.5) is 0 Å². The maximum absolute atomic E-state index is 9.27. The van der Waals surface area contributed by atoms with Gasteiger partial charge in [0.05, 0.1) is 0 Å². The van der Waals surface area contributed by atoms with E-state index in [1.54, 1.807) is 19.1 Å². The first-order valence-electron chi connectivity index (χ1n) is 4.04. The second-order valence-corrected chi connectivity index (χ2v) is 3.44. The van der Waals surface area contributed by atoms with Crippen molar-refractivity contribution in [1.82, 2.24) is 0 Å². The number of furan rings is 1. The van der Waals surface area contributed by atoms with E-state index in [2.05, 4.69) is 0 Å². The molecule has 2 rings (SSSR count). The summed E-state index contributed by atoms with van der Waals surface area (Å²) in [6, 6.07) is 7.22. The van der Waals surface area contributed by atoms with Crippen molar-refractivity contribution >= 4 is 22.6 Å². The van der Waals surface area contributed by atoms with Gasteiger partial charge in [-0.3, -0.25) is 0 Å². The molecular weight excluding hydrogens is 188 g/mol. The highest BCUT2D eigenvalue weighted by atomic mass is 35.5. The molecule has 0 fully saturated rings. The van der Waals surface area contributed by atoms with Crippen LogP contribution in [0.1, 0.15) is 18.8 Å². The van der Waals surface area contributed by atoms with Crippen LogP contribution in [0.3, 0.4) is 0 Å². The third kappa shape index (κ3) is 1.55. The van der Waals surface area contributed by atoms with E-state index in [0.717, 1.165) is 5.39 Å². The molecule has 3 heteroatoms. The highest BCUT2D eigenvalue weighted by Crippen LogP contribution is 2.25. The van der Waals surface area contributed by atoms with Gasteiger partial charge in [-0.2, -0.15) is 0 Å². The monoisotopic (exact) mass is 196 g/mol. The van der Waals surface area contributed by atoms with Crippen LogP contribution in [0.5, 0.6) is 0 Å². The van der Waals surface area contributed by atoms with Crippen molar-refractivity contribution in [2.75, 3.05) is 0 Å². The van der Waals surface area contributed by atoms with Crippen molar-refractivity contribution in [2.45, 2.75) is 13.0 Å². The summed E-state index contributed by atoms with van der Waals surface area (Å²) in [5.74, 6) is 0.567. The van der Waals surface area contributed by atoms with Gasteiger partial charge in [0.25, 0.3) is 0 Å². The van der Waals surface area contributed by atoms with Gasteiger partial charge in [0.15, 0.2) is 0 Å². The minimum atomic E-state index is -0.578. The maximum atomic E-state index is 9.27. The Balaban J connectivity index is 2.62. The number of halogens is 1. The minimum Gasteiger partial charge on any atom is -0.458 e. The molecule has 1 N–H and O–H groups in total. The summed E-state index contributed by atoms with van der Waals surface area (Å²) in [6.07, 6.45) is -0.578. The molecule has 0 bridgehead atoms. The fourth-order valence-corrected chi connectivity index (χ4v) is 1.39. The van der Waals surface area contributed by atoms with Crippen LogP contribution in [0.25, 0.3) is 11.0 Å². The van der Waals surface area contributed by atoms with E-state index in [0.29, 0.717) is 16.4 Å². The smallest absolute Gasteiger partial charge is 0.135 e. The van der Waals surface area contributed by atoms with Crippen molar-refractivity contribution in [3.8, 4) is 0 Å². The molecule has 0 saturated heterocycles. The van der Waals surface area contributed by atoms with Gasteiger partial charge in [-0.05, 0) is 25.1 Å². The van der Waals surface area contributed by atoms with E-state index >= 15 is 0 Å². The van der Waals surface area contributed by atoms with Gasteiger partial charge >= 0.3 is 0 Å². The molecule has 2 nitrogen and oxygen atoms in total. The Morgan fingerprint density at radius 2 is 2.15 bits per heavy atom. The van der Waals surface area contributed by atoms with Crippen LogP contribution in [0, 0.1) is 0 Å². The predicted molar refractivity (Wildman–Crippen MR) is 51.9 cm³/mol. The second-order valence-electron chi connectivity index (χ2n) is 3.01. The number of benzene rings is 1. The van der Waals surface area contributed by atoms with E-state index in [1.807, 2.05) is 12.1 Å². The van der Waals surface area contributed by atoms with Gasteiger partial charge in [0.2, 0.25) is 0 Å². The van der Waals surface area contributed by atoms with E-state index in [4.69, 9.17) is 16.0 Å². The first kappa shape index (κ1) is 8.60. The first-order valence-corrected chi connectivity index (χ1v) is 4.41. The highest BCUT2D eigenvalue weighted by molar-refractivity contribution is 6.31. The Morgan fingerprint density at radius 1 is 1.38 bits per heavy atom. The number of rotatable bonds is 1. The summed E-state index contributed by atoms with van der Waals surface area (Å²) in [7, 11) is 0. The van der Waals surface area contributed by atoms with Crippen molar-refractivity contribution in [3.05, 3.63) is 35.0 Å². The van der Waals surface area contributed by atoms with Crippen LogP contribution in [0.2, 0.25) is 5.02 Å². The quantitative estimate of drug-likeness (QED) is 0.760. The summed E-state index contributed by atoms with van der Waals surface area (Å²) in [5.41, 5.74) is 0.711. The van der Waals surface area contributed by atoms with E-state index in [9.17, 15) is 5.11 Å². The lowest BCUT2D eigenvalue weighted by atomic mass is 10.2. The van der Waals surface area contributed by atoms with Crippen molar-refractivity contribution in [3.63, 3.8) is 0 Å². The van der Waals surface area contributed by atoms with Gasteiger partial charge in [0.1, 0.15) is 17.4 Å². The van der Waals surface area contributed by atoms with Crippen LogP contribution in [0.15, 0.2) is 28.7 Å². The molecule has 0 spiro atoms. The fraction of sp³-hybridized carbons (Fsp3) is 0.200. The summed E-state index contributed by atoms with van der Waals surface area (Å²) >= 11 is 5.79. The number of aliphatic hydroxyl groups excluding tert-OH is 1. The number of fused-ring (bicyclic) bond motifs is 1. The summed E-state index contributed by atoms with van der Waals surface area (Å²) in [6.45, 7) is 1.67. The first-order chi connectivity index (χ1) is 6.16. The number of aliphatic hydroxyl groups is 1. The third-order valence-electron chi connectivity index (χ3n) is 1.91. The molecule has 1 aromatic carbocycles. The van der Waals surface area contributed by atoms with Crippen LogP contribution < -0.4 is 0 Å². The molecule has 0 saturated carbocycles. The standard InChI is InChI=1S/C10H9ClO2/c1-6(12)9-4-7-2-3-8(11)5-10(7)13-9/h2-6,12H,1H3. The van der Waals surface area contributed by atoms with Gasteiger partial charge in [-0.25, -0.2) is 0 Å². The predicted octanol–water partition coefficient (Wildman–Crippen LogP) is 3.14.